The second-order valence-electron chi connectivity index (χ2n) is 8.25. The molecule has 0 saturated carbocycles. The first-order valence-corrected chi connectivity index (χ1v) is 11.3. The molecule has 1 N–H and O–H groups in total. The number of hydrogen-bond donors (Lipinski definition) is 1. The summed E-state index contributed by atoms with van der Waals surface area (Å²) in [5.74, 6) is 0.916. The van der Waals surface area contributed by atoms with Crippen LogP contribution >= 0.6 is 11.3 Å². The maximum Gasteiger partial charge on any atom is 0.227 e. The predicted molar refractivity (Wildman–Crippen MR) is 114 cm³/mol. The Morgan fingerprint density at radius 2 is 2.11 bits per heavy atom. The number of H-pyrrole nitrogens is 1. The van der Waals surface area contributed by atoms with Crippen molar-refractivity contribution in [2.45, 2.75) is 38.3 Å². The molecule has 5 rings (SSSR count). The van der Waals surface area contributed by atoms with E-state index in [1.54, 1.807) is 11.3 Å². The lowest BCUT2D eigenvalue weighted by atomic mass is 9.83. The number of carbonyl (C=O) groups is 1. The van der Waals surface area contributed by atoms with E-state index in [4.69, 9.17) is 0 Å². The molecule has 2 aromatic heterocycles. The third-order valence-electron chi connectivity index (χ3n) is 6.48. The fourth-order valence-corrected chi connectivity index (χ4v) is 5.78. The Morgan fingerprint density at radius 1 is 1.18 bits per heavy atom. The number of nitrogens with zero attached hydrogens (tertiary/aromatic N) is 2. The molecule has 2 aliphatic rings. The number of piperidine rings is 2. The molecule has 1 amide bonds. The molecular formula is C23H27N3OS. The molecule has 1 aromatic carbocycles. The molecule has 2 saturated heterocycles. The van der Waals surface area contributed by atoms with E-state index in [-0.39, 0.29) is 0 Å². The summed E-state index contributed by atoms with van der Waals surface area (Å²) in [5, 5.41) is 5.59. The first-order chi connectivity index (χ1) is 13.8. The van der Waals surface area contributed by atoms with E-state index in [9.17, 15) is 4.79 Å². The number of aromatic nitrogens is 1. The average molecular weight is 394 g/mol. The smallest absolute Gasteiger partial charge is 0.227 e. The number of likely N-dealkylation sites (tertiary alicyclic amines) is 2. The minimum Gasteiger partial charge on any atom is -0.361 e. The number of fused-ring (bicyclic) bond motifs is 2. The number of aromatic amines is 1. The molecular weight excluding hydrogens is 366 g/mol. The van der Waals surface area contributed by atoms with E-state index in [0.717, 1.165) is 50.1 Å². The van der Waals surface area contributed by atoms with Crippen LogP contribution in [0.2, 0.25) is 0 Å². The Labute approximate surface area is 170 Å². The Balaban J connectivity index is 1.26. The van der Waals surface area contributed by atoms with Crippen LogP contribution in [-0.4, -0.2) is 46.4 Å². The van der Waals surface area contributed by atoms with Gasteiger partial charge in [0.1, 0.15) is 0 Å². The van der Waals surface area contributed by atoms with E-state index in [1.165, 1.54) is 17.4 Å². The maximum atomic E-state index is 13.2. The normalized spacial score (nSPS) is 23.1. The van der Waals surface area contributed by atoms with Crippen molar-refractivity contribution in [3.05, 3.63) is 58.4 Å². The molecule has 28 heavy (non-hydrogen) atoms. The highest BCUT2D eigenvalue weighted by atomic mass is 32.1. The van der Waals surface area contributed by atoms with Gasteiger partial charge in [-0.25, -0.2) is 0 Å². The van der Waals surface area contributed by atoms with Crippen molar-refractivity contribution in [2.75, 3.05) is 19.6 Å². The van der Waals surface area contributed by atoms with Gasteiger partial charge in [-0.2, -0.15) is 11.3 Å². The zero-order valence-electron chi connectivity index (χ0n) is 16.1. The average Bonchev–Trinajstić information content (AvgIpc) is 3.38. The van der Waals surface area contributed by atoms with Crippen LogP contribution in [0.1, 0.15) is 30.4 Å². The number of carbonyl (C=O) groups excluding carboxylic acids is 1. The summed E-state index contributed by atoms with van der Waals surface area (Å²) >= 11 is 1.78. The van der Waals surface area contributed by atoms with Gasteiger partial charge in [0.25, 0.3) is 0 Å². The Bertz CT molecular complexity index is 948. The number of rotatable bonds is 4. The lowest BCUT2D eigenvalue weighted by Crippen LogP contribution is -2.55. The van der Waals surface area contributed by atoms with Gasteiger partial charge in [-0.15, -0.1) is 0 Å². The molecule has 5 heteroatoms. The zero-order chi connectivity index (χ0) is 18.9. The molecule has 2 fully saturated rings. The van der Waals surface area contributed by atoms with Crippen molar-refractivity contribution in [3.8, 4) is 0 Å². The summed E-state index contributed by atoms with van der Waals surface area (Å²) in [4.78, 5) is 21.3. The molecule has 4 nitrogen and oxygen atoms in total. The van der Waals surface area contributed by atoms with Crippen LogP contribution in [0.5, 0.6) is 0 Å². The van der Waals surface area contributed by atoms with Crippen LogP contribution in [0, 0.1) is 5.92 Å². The van der Waals surface area contributed by atoms with Crippen molar-refractivity contribution in [2.24, 2.45) is 5.92 Å². The van der Waals surface area contributed by atoms with Crippen LogP contribution in [-0.2, 0) is 17.8 Å². The SMILES string of the molecule is O=C(Cc1c[nH]c2ccccc12)N1CCC[C@@H]2CN(Cc3ccsc3)CC[C@H]21. The van der Waals surface area contributed by atoms with E-state index >= 15 is 0 Å². The van der Waals surface area contributed by atoms with E-state index in [2.05, 4.69) is 43.7 Å². The molecule has 2 atom stereocenters. The van der Waals surface area contributed by atoms with Crippen LogP contribution in [0.3, 0.4) is 0 Å². The van der Waals surface area contributed by atoms with Gasteiger partial charge < -0.3 is 9.88 Å². The topological polar surface area (TPSA) is 39.3 Å². The summed E-state index contributed by atoms with van der Waals surface area (Å²) in [6.07, 6.45) is 6.00. The third-order valence-corrected chi connectivity index (χ3v) is 7.21. The van der Waals surface area contributed by atoms with Crippen molar-refractivity contribution < 1.29 is 4.79 Å². The molecule has 146 valence electrons. The zero-order valence-corrected chi connectivity index (χ0v) is 17.0. The van der Waals surface area contributed by atoms with Crippen LogP contribution in [0.15, 0.2) is 47.3 Å². The van der Waals surface area contributed by atoms with Gasteiger partial charge in [0.2, 0.25) is 5.91 Å². The summed E-state index contributed by atoms with van der Waals surface area (Å²) < 4.78 is 0. The number of nitrogens with one attached hydrogen (secondary N) is 1. The molecule has 0 bridgehead atoms. The highest BCUT2D eigenvalue weighted by Crippen LogP contribution is 2.32. The Morgan fingerprint density at radius 3 is 3.00 bits per heavy atom. The van der Waals surface area contributed by atoms with Crippen molar-refractivity contribution in [1.82, 2.24) is 14.8 Å². The predicted octanol–water partition coefficient (Wildman–Crippen LogP) is 4.29. The van der Waals surface area contributed by atoms with Crippen LogP contribution in [0.25, 0.3) is 10.9 Å². The highest BCUT2D eigenvalue weighted by Gasteiger charge is 2.38. The molecule has 4 heterocycles. The van der Waals surface area contributed by atoms with Crippen molar-refractivity contribution in [3.63, 3.8) is 0 Å². The summed E-state index contributed by atoms with van der Waals surface area (Å²) in [6, 6.07) is 10.9. The van der Waals surface area contributed by atoms with E-state index in [1.807, 2.05) is 18.3 Å². The van der Waals surface area contributed by atoms with Crippen molar-refractivity contribution >= 4 is 28.1 Å². The van der Waals surface area contributed by atoms with Gasteiger partial charge in [-0.3, -0.25) is 9.69 Å². The molecule has 0 radical (unpaired) electrons. The highest BCUT2D eigenvalue weighted by molar-refractivity contribution is 7.07. The van der Waals surface area contributed by atoms with Gasteiger partial charge in [-0.05, 0) is 59.2 Å². The van der Waals surface area contributed by atoms with Gasteiger partial charge >= 0.3 is 0 Å². The van der Waals surface area contributed by atoms with E-state index < -0.39 is 0 Å². The number of para-hydroxylation sites is 1. The lowest BCUT2D eigenvalue weighted by Gasteiger charge is -2.47. The first kappa shape index (κ1) is 18.0. The fourth-order valence-electron chi connectivity index (χ4n) is 5.12. The largest absolute Gasteiger partial charge is 0.361 e. The first-order valence-electron chi connectivity index (χ1n) is 10.4. The summed E-state index contributed by atoms with van der Waals surface area (Å²) in [6.45, 7) is 4.19. The minimum absolute atomic E-state index is 0.297. The molecule has 0 spiro atoms. The van der Waals surface area contributed by atoms with E-state index in [0.29, 0.717) is 24.3 Å². The number of thiophene rings is 1. The van der Waals surface area contributed by atoms with Gasteiger partial charge in [0.05, 0.1) is 6.42 Å². The Kier molecular flexibility index (Phi) is 4.95. The molecule has 2 aliphatic heterocycles. The number of amides is 1. The molecule has 0 unspecified atom stereocenters. The molecule has 0 aliphatic carbocycles. The standard InChI is InChI=1S/C23H27N3OS/c27-23(12-19-13-24-21-6-2-1-5-20(19)21)26-9-3-4-18-15-25(10-7-22(18)26)14-17-8-11-28-16-17/h1-2,5-6,8,11,13,16,18,22,24H,3-4,7,9-10,12,14-15H2/t18-,22-/m1/s1. The monoisotopic (exact) mass is 393 g/mol. The number of hydrogen-bond acceptors (Lipinski definition) is 3. The Hall–Kier alpha value is -2.11. The lowest BCUT2D eigenvalue weighted by molar-refractivity contribution is -0.137. The molecule has 3 aromatic rings. The summed E-state index contributed by atoms with van der Waals surface area (Å²) in [5.41, 5.74) is 3.66. The minimum atomic E-state index is 0.297. The number of benzene rings is 1. The fraction of sp³-hybridized carbons (Fsp3) is 0.435. The maximum absolute atomic E-state index is 13.2. The van der Waals surface area contributed by atoms with Crippen LogP contribution in [0.4, 0.5) is 0 Å². The van der Waals surface area contributed by atoms with Gasteiger partial charge in [0, 0.05) is 49.3 Å². The third kappa shape index (κ3) is 3.49. The second-order valence-corrected chi connectivity index (χ2v) is 9.03. The summed E-state index contributed by atoms with van der Waals surface area (Å²) in [7, 11) is 0. The van der Waals surface area contributed by atoms with Crippen molar-refractivity contribution in [1.29, 1.82) is 0 Å². The van der Waals surface area contributed by atoms with Gasteiger partial charge in [-0.1, -0.05) is 18.2 Å². The quantitative estimate of drug-likeness (QED) is 0.718. The van der Waals surface area contributed by atoms with Gasteiger partial charge in [0.15, 0.2) is 0 Å². The second kappa shape index (κ2) is 7.72. The van der Waals surface area contributed by atoms with Crippen LogP contribution < -0.4 is 0 Å².